The van der Waals surface area contributed by atoms with Crippen molar-refractivity contribution in [2.75, 3.05) is 23.9 Å². The second-order valence-electron chi connectivity index (χ2n) is 7.50. The van der Waals surface area contributed by atoms with Crippen LogP contribution < -0.4 is 10.6 Å². The van der Waals surface area contributed by atoms with Crippen molar-refractivity contribution in [3.8, 4) is 11.3 Å². The summed E-state index contributed by atoms with van der Waals surface area (Å²) in [7, 11) is 0. The molecule has 0 spiro atoms. The Morgan fingerprint density at radius 2 is 2.06 bits per heavy atom. The predicted molar refractivity (Wildman–Crippen MR) is 125 cm³/mol. The van der Waals surface area contributed by atoms with E-state index in [9.17, 15) is 14.0 Å². The van der Waals surface area contributed by atoms with Crippen molar-refractivity contribution in [1.82, 2.24) is 20.0 Å². The number of anilines is 2. The van der Waals surface area contributed by atoms with Crippen molar-refractivity contribution in [1.29, 1.82) is 0 Å². The summed E-state index contributed by atoms with van der Waals surface area (Å²) in [5.41, 5.74) is 3.00. The number of unbranched alkanes of at least 4 members (excludes halogenated alkanes) is 2. The Morgan fingerprint density at radius 3 is 2.88 bits per heavy atom. The van der Waals surface area contributed by atoms with Gasteiger partial charge in [0.1, 0.15) is 6.54 Å². The number of aryl methyl sites for hydroxylation is 1. The number of carboxylic acid groups (broad SMARTS) is 1. The van der Waals surface area contributed by atoms with Gasteiger partial charge in [0.15, 0.2) is 5.13 Å². The fourth-order valence-corrected chi connectivity index (χ4v) is 3.89. The first kappa shape index (κ1) is 24.3. The summed E-state index contributed by atoms with van der Waals surface area (Å²) >= 11 is 1.50. The van der Waals surface area contributed by atoms with Crippen molar-refractivity contribution in [2.24, 2.45) is 0 Å². The highest BCUT2D eigenvalue weighted by atomic mass is 32.1. The number of hydrogen-bond donors (Lipinski definition) is 3. The maximum atomic E-state index is 12.4. The highest BCUT2D eigenvalue weighted by Crippen LogP contribution is 2.27. The SMILES string of the molecule is O=C(O)CCCCCNc1nc(-c2cccc(NC(=O)Cn3cc(CCCF)nn3)c2)cs1. The van der Waals surface area contributed by atoms with Gasteiger partial charge in [-0.1, -0.05) is 23.8 Å². The van der Waals surface area contributed by atoms with E-state index in [1.165, 1.54) is 16.0 Å². The van der Waals surface area contributed by atoms with Crippen LogP contribution >= 0.6 is 11.3 Å². The molecule has 0 saturated carbocycles. The van der Waals surface area contributed by atoms with Crippen molar-refractivity contribution in [3.63, 3.8) is 0 Å². The Labute approximate surface area is 195 Å². The topological polar surface area (TPSA) is 122 Å². The minimum absolute atomic E-state index is 0.0179. The number of hydrogen-bond acceptors (Lipinski definition) is 7. The molecule has 3 rings (SSSR count). The van der Waals surface area contributed by atoms with Crippen molar-refractivity contribution in [2.45, 2.75) is 45.1 Å². The third-order valence-electron chi connectivity index (χ3n) is 4.75. The second kappa shape index (κ2) is 12.6. The van der Waals surface area contributed by atoms with Crippen LogP contribution in [0.1, 0.15) is 37.8 Å². The zero-order valence-electron chi connectivity index (χ0n) is 18.2. The largest absolute Gasteiger partial charge is 0.481 e. The third-order valence-corrected chi connectivity index (χ3v) is 5.55. The first-order valence-corrected chi connectivity index (χ1v) is 11.7. The van der Waals surface area contributed by atoms with Crippen LogP contribution in [0.5, 0.6) is 0 Å². The molecular formula is C22H27FN6O3S. The predicted octanol–water partition coefficient (Wildman–Crippen LogP) is 4.00. The molecule has 9 nitrogen and oxygen atoms in total. The van der Waals surface area contributed by atoms with Crippen LogP contribution in [-0.4, -0.2) is 50.2 Å². The van der Waals surface area contributed by atoms with Crippen LogP contribution in [0.25, 0.3) is 11.3 Å². The zero-order chi connectivity index (χ0) is 23.5. The van der Waals surface area contributed by atoms with Gasteiger partial charge in [0.2, 0.25) is 5.91 Å². The molecule has 1 amide bonds. The lowest BCUT2D eigenvalue weighted by Crippen LogP contribution is -2.19. The lowest BCUT2D eigenvalue weighted by Gasteiger charge is -2.06. The van der Waals surface area contributed by atoms with Crippen molar-refractivity contribution < 1.29 is 19.1 Å². The molecule has 1 aromatic carbocycles. The number of thiazole rings is 1. The van der Waals surface area contributed by atoms with Gasteiger partial charge in [0.05, 0.1) is 18.1 Å². The molecule has 0 aliphatic heterocycles. The molecule has 0 aliphatic carbocycles. The number of aliphatic carboxylic acids is 1. The van der Waals surface area contributed by atoms with E-state index in [-0.39, 0.29) is 18.9 Å². The molecule has 0 atom stereocenters. The number of nitrogens with zero attached hydrogens (tertiary/aromatic N) is 4. The second-order valence-corrected chi connectivity index (χ2v) is 8.36. The first-order chi connectivity index (χ1) is 16.0. The Bertz CT molecular complexity index is 1050. The molecule has 11 heteroatoms. The Morgan fingerprint density at radius 1 is 1.18 bits per heavy atom. The lowest BCUT2D eigenvalue weighted by atomic mass is 10.1. The summed E-state index contributed by atoms with van der Waals surface area (Å²) in [6.45, 7) is 0.347. The van der Waals surface area contributed by atoms with Crippen molar-refractivity contribution in [3.05, 3.63) is 41.5 Å². The molecule has 3 N–H and O–H groups in total. The number of rotatable bonds is 14. The Kier molecular flexibility index (Phi) is 9.31. The molecular weight excluding hydrogens is 447 g/mol. The van der Waals surface area contributed by atoms with Gasteiger partial charge >= 0.3 is 5.97 Å². The summed E-state index contributed by atoms with van der Waals surface area (Å²) in [4.78, 5) is 27.5. The van der Waals surface area contributed by atoms with E-state index in [0.717, 1.165) is 35.8 Å². The maximum absolute atomic E-state index is 12.4. The van der Waals surface area contributed by atoms with Crippen molar-refractivity contribution >= 4 is 34.0 Å². The molecule has 176 valence electrons. The molecule has 0 bridgehead atoms. The van der Waals surface area contributed by atoms with Crippen LogP contribution in [-0.2, 0) is 22.6 Å². The number of alkyl halides is 1. The van der Waals surface area contributed by atoms with E-state index in [1.807, 2.05) is 23.6 Å². The molecule has 0 radical (unpaired) electrons. The monoisotopic (exact) mass is 474 g/mol. The summed E-state index contributed by atoms with van der Waals surface area (Å²) in [5, 5.41) is 25.4. The van der Waals surface area contributed by atoms with Gasteiger partial charge in [-0.15, -0.1) is 16.4 Å². The zero-order valence-corrected chi connectivity index (χ0v) is 19.0. The standard InChI is InChI=1S/C22H27FN6O3S/c23-10-5-8-18-13-29(28-27-18)14-20(30)25-17-7-4-6-16(12-17)19-15-33-22(26-19)24-11-3-1-2-9-21(31)32/h4,6-7,12-13,15H,1-3,5,8-11,14H2,(H,24,26)(H,25,30)(H,31,32). The van der Waals surface area contributed by atoms with Gasteiger partial charge in [-0.3, -0.25) is 14.0 Å². The fourth-order valence-electron chi connectivity index (χ4n) is 3.14. The molecule has 2 aromatic heterocycles. The fraction of sp³-hybridized carbons (Fsp3) is 0.409. The molecule has 0 saturated heterocycles. The maximum Gasteiger partial charge on any atom is 0.303 e. The minimum Gasteiger partial charge on any atom is -0.481 e. The normalized spacial score (nSPS) is 10.8. The number of amides is 1. The highest BCUT2D eigenvalue weighted by molar-refractivity contribution is 7.14. The van der Waals surface area contributed by atoms with E-state index in [1.54, 1.807) is 12.3 Å². The van der Waals surface area contributed by atoms with E-state index < -0.39 is 12.6 Å². The van der Waals surface area contributed by atoms with Gasteiger partial charge in [-0.25, -0.2) is 9.67 Å². The lowest BCUT2D eigenvalue weighted by molar-refractivity contribution is -0.137. The van der Waals surface area contributed by atoms with E-state index in [2.05, 4.69) is 25.9 Å². The number of carbonyl (C=O) groups excluding carboxylic acids is 1. The van der Waals surface area contributed by atoms with Crippen LogP contribution in [0.15, 0.2) is 35.8 Å². The molecule has 33 heavy (non-hydrogen) atoms. The van der Waals surface area contributed by atoms with Gasteiger partial charge in [-0.2, -0.15) is 0 Å². The smallest absolute Gasteiger partial charge is 0.303 e. The summed E-state index contributed by atoms with van der Waals surface area (Å²) < 4.78 is 13.7. The average molecular weight is 475 g/mol. The number of nitrogens with one attached hydrogen (secondary N) is 2. The van der Waals surface area contributed by atoms with E-state index >= 15 is 0 Å². The van der Waals surface area contributed by atoms with Crippen LogP contribution in [0.2, 0.25) is 0 Å². The molecule has 3 aromatic rings. The number of benzene rings is 1. The van der Waals surface area contributed by atoms with Gasteiger partial charge in [-0.05, 0) is 37.8 Å². The first-order valence-electron chi connectivity index (χ1n) is 10.8. The van der Waals surface area contributed by atoms with E-state index in [0.29, 0.717) is 30.6 Å². The summed E-state index contributed by atoms with van der Waals surface area (Å²) in [6, 6.07) is 7.44. The number of carbonyl (C=O) groups is 2. The van der Waals surface area contributed by atoms with Gasteiger partial charge in [0, 0.05) is 35.8 Å². The quantitative estimate of drug-likeness (QED) is 0.302. The number of carboxylic acids is 1. The van der Waals surface area contributed by atoms with Gasteiger partial charge in [0.25, 0.3) is 0 Å². The average Bonchev–Trinajstić information content (AvgIpc) is 3.44. The van der Waals surface area contributed by atoms with Crippen LogP contribution in [0.4, 0.5) is 15.2 Å². The number of halogens is 1. The Hall–Kier alpha value is -3.34. The van der Waals surface area contributed by atoms with Crippen LogP contribution in [0, 0.1) is 0 Å². The van der Waals surface area contributed by atoms with E-state index in [4.69, 9.17) is 5.11 Å². The summed E-state index contributed by atoms with van der Waals surface area (Å²) in [5.74, 6) is -0.999. The molecule has 0 fully saturated rings. The molecule has 0 unspecified atom stereocenters. The minimum atomic E-state index is -0.761. The molecule has 0 aliphatic rings. The third kappa shape index (κ3) is 8.26. The van der Waals surface area contributed by atoms with Crippen LogP contribution in [0.3, 0.4) is 0 Å². The highest BCUT2D eigenvalue weighted by Gasteiger charge is 2.09. The summed E-state index contributed by atoms with van der Waals surface area (Å²) in [6.07, 6.45) is 5.15. The van der Waals surface area contributed by atoms with Gasteiger partial charge < -0.3 is 15.7 Å². The Balaban J connectivity index is 1.48. The number of aromatic nitrogens is 4. The molecule has 2 heterocycles.